The Kier molecular flexibility index (Phi) is 2.40. The summed E-state index contributed by atoms with van der Waals surface area (Å²) in [6.07, 6.45) is 1.09. The minimum Gasteiger partial charge on any atom is -0.387 e. The Morgan fingerprint density at radius 3 is 2.79 bits per heavy atom. The molecule has 0 bridgehead atoms. The first-order valence-electron chi connectivity index (χ1n) is 4.41. The van der Waals surface area contributed by atoms with Crippen LogP contribution in [0.15, 0.2) is 30.5 Å². The summed E-state index contributed by atoms with van der Waals surface area (Å²) in [5.74, 6) is 0. The number of aliphatic hydroxyl groups excluding tert-OH is 1. The lowest BCUT2D eigenvalue weighted by Crippen LogP contribution is -1.96. The highest BCUT2D eigenvalue weighted by Crippen LogP contribution is 2.27. The zero-order valence-corrected chi connectivity index (χ0v) is 8.49. The highest BCUT2D eigenvalue weighted by atomic mass is 35.5. The second-order valence-corrected chi connectivity index (χ2v) is 3.61. The molecule has 1 atom stereocenters. The van der Waals surface area contributed by atoms with Crippen molar-refractivity contribution in [3.63, 3.8) is 0 Å². The van der Waals surface area contributed by atoms with E-state index in [1.165, 1.54) is 0 Å². The summed E-state index contributed by atoms with van der Waals surface area (Å²) >= 11 is 6.02. The fourth-order valence-electron chi connectivity index (χ4n) is 1.52. The zero-order valence-electron chi connectivity index (χ0n) is 7.74. The number of aliphatic hydroxyl groups is 1. The van der Waals surface area contributed by atoms with Gasteiger partial charge >= 0.3 is 0 Å². The molecule has 72 valence electrons. The van der Waals surface area contributed by atoms with Crippen LogP contribution in [0.2, 0.25) is 5.02 Å². The van der Waals surface area contributed by atoms with Crippen molar-refractivity contribution in [2.75, 3.05) is 0 Å². The molecule has 1 unspecified atom stereocenters. The molecule has 0 aliphatic heterocycles. The predicted octanol–water partition coefficient (Wildman–Crippen LogP) is 2.94. The molecular formula is C11H10ClNO. The third kappa shape index (κ3) is 1.47. The molecule has 1 aromatic heterocycles. The molecule has 2 nitrogen and oxygen atoms in total. The summed E-state index contributed by atoms with van der Waals surface area (Å²) in [5, 5.41) is 12.0. The molecule has 14 heavy (non-hydrogen) atoms. The summed E-state index contributed by atoms with van der Waals surface area (Å²) in [7, 11) is 0. The van der Waals surface area contributed by atoms with Crippen molar-refractivity contribution in [2.24, 2.45) is 0 Å². The van der Waals surface area contributed by atoms with Crippen LogP contribution >= 0.6 is 11.6 Å². The number of hydrogen-bond donors (Lipinski definition) is 1. The molecule has 1 aromatic carbocycles. The van der Waals surface area contributed by atoms with Crippen molar-refractivity contribution in [3.05, 3.63) is 41.2 Å². The van der Waals surface area contributed by atoms with Gasteiger partial charge in [0.1, 0.15) is 0 Å². The summed E-state index contributed by atoms with van der Waals surface area (Å²) in [4.78, 5) is 4.14. The van der Waals surface area contributed by atoms with E-state index in [2.05, 4.69) is 4.98 Å². The lowest BCUT2D eigenvalue weighted by Gasteiger charge is -2.08. The maximum atomic E-state index is 9.51. The molecule has 2 aromatic rings. The Hall–Kier alpha value is -1.12. The van der Waals surface area contributed by atoms with E-state index in [0.29, 0.717) is 10.7 Å². The normalized spacial score (nSPS) is 13.1. The monoisotopic (exact) mass is 207 g/mol. The Balaban J connectivity index is 2.81. The van der Waals surface area contributed by atoms with Crippen molar-refractivity contribution >= 4 is 22.4 Å². The lowest BCUT2D eigenvalue weighted by molar-refractivity contribution is 0.196. The molecule has 1 N–H and O–H groups in total. The number of hydrogen-bond acceptors (Lipinski definition) is 2. The van der Waals surface area contributed by atoms with Gasteiger partial charge in [0.25, 0.3) is 0 Å². The molecule has 2 rings (SSSR count). The van der Waals surface area contributed by atoms with E-state index in [1.54, 1.807) is 13.1 Å². The van der Waals surface area contributed by atoms with Crippen LogP contribution in [0.1, 0.15) is 18.7 Å². The molecule has 0 fully saturated rings. The standard InChI is InChI=1S/C11H10ClNO/c1-7(14)11-9-3-2-4-10(12)8(9)5-6-13-11/h2-7,14H,1H3. The predicted molar refractivity (Wildman–Crippen MR) is 57.4 cm³/mol. The van der Waals surface area contributed by atoms with E-state index in [9.17, 15) is 5.11 Å². The van der Waals surface area contributed by atoms with Gasteiger partial charge in [0.05, 0.1) is 11.8 Å². The number of nitrogens with zero attached hydrogens (tertiary/aromatic N) is 1. The molecule has 0 aliphatic carbocycles. The highest BCUT2D eigenvalue weighted by molar-refractivity contribution is 6.35. The minimum absolute atomic E-state index is 0.572. The topological polar surface area (TPSA) is 33.1 Å². The van der Waals surface area contributed by atoms with Gasteiger partial charge in [-0.1, -0.05) is 23.7 Å². The van der Waals surface area contributed by atoms with Crippen LogP contribution in [-0.2, 0) is 0 Å². The first-order valence-corrected chi connectivity index (χ1v) is 4.79. The van der Waals surface area contributed by atoms with Gasteiger partial charge in [-0.25, -0.2) is 0 Å². The Morgan fingerprint density at radius 2 is 2.07 bits per heavy atom. The average molecular weight is 208 g/mol. The van der Waals surface area contributed by atoms with Crippen molar-refractivity contribution < 1.29 is 5.11 Å². The summed E-state index contributed by atoms with van der Waals surface area (Å²) in [6.45, 7) is 1.70. The third-order valence-electron chi connectivity index (χ3n) is 2.18. The molecular weight excluding hydrogens is 198 g/mol. The molecule has 0 saturated heterocycles. The zero-order chi connectivity index (χ0) is 10.1. The average Bonchev–Trinajstić information content (AvgIpc) is 2.17. The van der Waals surface area contributed by atoms with Crippen molar-refractivity contribution in [3.8, 4) is 0 Å². The smallest absolute Gasteiger partial charge is 0.0938 e. The van der Waals surface area contributed by atoms with E-state index < -0.39 is 6.10 Å². The van der Waals surface area contributed by atoms with Crippen molar-refractivity contribution in [2.45, 2.75) is 13.0 Å². The van der Waals surface area contributed by atoms with Gasteiger partial charge in [-0.15, -0.1) is 0 Å². The molecule has 0 saturated carbocycles. The summed E-state index contributed by atoms with van der Waals surface area (Å²) in [5.41, 5.74) is 0.671. The van der Waals surface area contributed by atoms with E-state index in [1.807, 2.05) is 24.3 Å². The van der Waals surface area contributed by atoms with Crippen molar-refractivity contribution in [1.82, 2.24) is 4.98 Å². The Labute approximate surface area is 87.2 Å². The number of aromatic nitrogens is 1. The van der Waals surface area contributed by atoms with Crippen LogP contribution in [-0.4, -0.2) is 10.1 Å². The molecule has 1 heterocycles. The van der Waals surface area contributed by atoms with Crippen LogP contribution in [0.3, 0.4) is 0 Å². The number of fused-ring (bicyclic) bond motifs is 1. The second-order valence-electron chi connectivity index (χ2n) is 3.21. The van der Waals surface area contributed by atoms with Gasteiger partial charge in [0.2, 0.25) is 0 Å². The third-order valence-corrected chi connectivity index (χ3v) is 2.51. The minimum atomic E-state index is -0.572. The van der Waals surface area contributed by atoms with E-state index in [4.69, 9.17) is 11.6 Å². The molecule has 0 radical (unpaired) electrons. The van der Waals surface area contributed by atoms with Crippen molar-refractivity contribution in [1.29, 1.82) is 0 Å². The van der Waals surface area contributed by atoms with Crippen LogP contribution in [0.4, 0.5) is 0 Å². The van der Waals surface area contributed by atoms with Crippen LogP contribution in [0, 0.1) is 0 Å². The van der Waals surface area contributed by atoms with Gasteiger partial charge in [0, 0.05) is 22.0 Å². The van der Waals surface area contributed by atoms with E-state index >= 15 is 0 Å². The fourth-order valence-corrected chi connectivity index (χ4v) is 1.76. The number of pyridine rings is 1. The van der Waals surface area contributed by atoms with Gasteiger partial charge in [-0.05, 0) is 19.1 Å². The molecule has 0 amide bonds. The number of rotatable bonds is 1. The van der Waals surface area contributed by atoms with Crippen LogP contribution in [0.5, 0.6) is 0 Å². The van der Waals surface area contributed by atoms with Gasteiger partial charge in [0.15, 0.2) is 0 Å². The maximum absolute atomic E-state index is 9.51. The summed E-state index contributed by atoms with van der Waals surface area (Å²) in [6, 6.07) is 7.45. The molecule has 0 aliphatic rings. The molecule has 0 spiro atoms. The van der Waals surface area contributed by atoms with Crippen LogP contribution < -0.4 is 0 Å². The first-order chi connectivity index (χ1) is 6.70. The summed E-state index contributed by atoms with van der Waals surface area (Å²) < 4.78 is 0. The van der Waals surface area contributed by atoms with Gasteiger partial charge in [-0.3, -0.25) is 4.98 Å². The van der Waals surface area contributed by atoms with Gasteiger partial charge in [-0.2, -0.15) is 0 Å². The maximum Gasteiger partial charge on any atom is 0.0938 e. The Bertz CT molecular complexity index is 468. The second kappa shape index (κ2) is 3.56. The SMILES string of the molecule is CC(O)c1nccc2c(Cl)cccc12. The Morgan fingerprint density at radius 1 is 1.29 bits per heavy atom. The first kappa shape index (κ1) is 9.44. The number of halogens is 1. The highest BCUT2D eigenvalue weighted by Gasteiger charge is 2.08. The van der Waals surface area contributed by atoms with Crippen LogP contribution in [0.25, 0.3) is 10.8 Å². The van der Waals surface area contributed by atoms with Gasteiger partial charge < -0.3 is 5.11 Å². The quantitative estimate of drug-likeness (QED) is 0.780. The van der Waals surface area contributed by atoms with E-state index in [-0.39, 0.29) is 0 Å². The largest absolute Gasteiger partial charge is 0.387 e. The fraction of sp³-hybridized carbons (Fsp3) is 0.182. The van der Waals surface area contributed by atoms with E-state index in [0.717, 1.165) is 10.8 Å². The number of benzene rings is 1. The lowest BCUT2D eigenvalue weighted by atomic mass is 10.1. The molecule has 3 heteroatoms.